The van der Waals surface area contributed by atoms with E-state index in [2.05, 4.69) is 25.8 Å². The zero-order valence-corrected chi connectivity index (χ0v) is 6.26. The van der Waals surface area contributed by atoms with Crippen molar-refractivity contribution in [3.8, 4) is 0 Å². The summed E-state index contributed by atoms with van der Waals surface area (Å²) in [5.41, 5.74) is 0. The number of nitrogens with zero attached hydrogens (tertiary/aromatic N) is 2. The van der Waals surface area contributed by atoms with Crippen molar-refractivity contribution < 1.29 is 0 Å². The van der Waals surface area contributed by atoms with Gasteiger partial charge in [0.2, 0.25) is 0 Å². The molecule has 1 aromatic rings. The zero-order chi connectivity index (χ0) is 7.66. The molecule has 1 heterocycles. The third kappa shape index (κ3) is 7.06. The van der Waals surface area contributed by atoms with E-state index in [-0.39, 0.29) is 0 Å². The first-order chi connectivity index (χ1) is 4.91. The summed E-state index contributed by atoms with van der Waals surface area (Å²) < 4.78 is 0. The Morgan fingerprint density at radius 1 is 1.40 bits per heavy atom. The van der Waals surface area contributed by atoms with Crippen molar-refractivity contribution in [3.05, 3.63) is 12.7 Å². The highest BCUT2D eigenvalue weighted by molar-refractivity contribution is 4.43. The standard InChI is InChI=1S/C3H10N2.C2H3N3/c1-4-3-5-2;1-3-2-5-4-1/h4-5H,3H2,1-2H3;1-2H,(H,3,4,5). The van der Waals surface area contributed by atoms with Gasteiger partial charge < -0.3 is 10.6 Å². The second kappa shape index (κ2) is 8.06. The summed E-state index contributed by atoms with van der Waals surface area (Å²) in [7, 11) is 3.80. The molecule has 5 nitrogen and oxygen atoms in total. The molecule has 3 N–H and O–H groups in total. The molecule has 0 amide bonds. The van der Waals surface area contributed by atoms with Crippen molar-refractivity contribution in [2.75, 3.05) is 20.8 Å². The van der Waals surface area contributed by atoms with Gasteiger partial charge in [0.1, 0.15) is 12.7 Å². The molecule has 1 rings (SSSR count). The largest absolute Gasteiger partial charge is 0.308 e. The monoisotopic (exact) mass is 143 g/mol. The van der Waals surface area contributed by atoms with Crippen LogP contribution in [0.2, 0.25) is 0 Å². The molecule has 0 unspecified atom stereocenters. The maximum absolute atomic E-state index is 3.56. The fourth-order valence-corrected chi connectivity index (χ4v) is 0.343. The van der Waals surface area contributed by atoms with E-state index < -0.39 is 0 Å². The van der Waals surface area contributed by atoms with Gasteiger partial charge in [0.25, 0.3) is 0 Å². The molecule has 0 aliphatic heterocycles. The highest BCUT2D eigenvalue weighted by Crippen LogP contribution is 1.53. The topological polar surface area (TPSA) is 65.6 Å². The second-order valence-electron chi connectivity index (χ2n) is 1.54. The van der Waals surface area contributed by atoms with E-state index in [9.17, 15) is 0 Å². The third-order valence-corrected chi connectivity index (χ3v) is 0.685. The number of hydrogen-bond donors (Lipinski definition) is 3. The smallest absolute Gasteiger partial charge is 0.137 e. The number of aromatic amines is 1. The Morgan fingerprint density at radius 2 is 2.10 bits per heavy atom. The molecule has 0 spiro atoms. The van der Waals surface area contributed by atoms with Gasteiger partial charge in [-0.3, -0.25) is 5.10 Å². The van der Waals surface area contributed by atoms with Gasteiger partial charge in [0.05, 0.1) is 0 Å². The molecule has 5 heteroatoms. The van der Waals surface area contributed by atoms with Crippen LogP contribution in [0.4, 0.5) is 0 Å². The quantitative estimate of drug-likeness (QED) is 0.474. The minimum Gasteiger partial charge on any atom is -0.308 e. The van der Waals surface area contributed by atoms with Crippen LogP contribution in [0.15, 0.2) is 12.7 Å². The Balaban J connectivity index is 0.000000162. The minimum absolute atomic E-state index is 0.889. The van der Waals surface area contributed by atoms with Crippen molar-refractivity contribution in [3.63, 3.8) is 0 Å². The van der Waals surface area contributed by atoms with E-state index >= 15 is 0 Å². The first kappa shape index (κ1) is 9.06. The normalized spacial score (nSPS) is 8.20. The summed E-state index contributed by atoms with van der Waals surface area (Å²) in [4.78, 5) is 3.56. The minimum atomic E-state index is 0.889. The molecule has 0 atom stereocenters. The van der Waals surface area contributed by atoms with Crippen LogP contribution in [0.5, 0.6) is 0 Å². The third-order valence-electron chi connectivity index (χ3n) is 0.685. The SMILES string of the molecule is CNCNC.c1nc[nH]n1. The molecular formula is C5H13N5. The van der Waals surface area contributed by atoms with Crippen molar-refractivity contribution in [2.45, 2.75) is 0 Å². The molecule has 58 valence electrons. The van der Waals surface area contributed by atoms with Crippen LogP contribution in [0.25, 0.3) is 0 Å². The van der Waals surface area contributed by atoms with Crippen LogP contribution >= 0.6 is 0 Å². The molecule has 1 aromatic heterocycles. The fourth-order valence-electron chi connectivity index (χ4n) is 0.343. The second-order valence-corrected chi connectivity index (χ2v) is 1.54. The summed E-state index contributed by atoms with van der Waals surface area (Å²) in [6, 6.07) is 0. The predicted octanol–water partition coefficient (Wildman–Crippen LogP) is -0.813. The van der Waals surface area contributed by atoms with Crippen LogP contribution < -0.4 is 10.6 Å². The molecule has 0 saturated carbocycles. The fraction of sp³-hybridized carbons (Fsp3) is 0.600. The van der Waals surface area contributed by atoms with E-state index in [0.717, 1.165) is 6.67 Å². The molecule has 0 radical (unpaired) electrons. The lowest BCUT2D eigenvalue weighted by Gasteiger charge is -1.88. The Morgan fingerprint density at radius 3 is 2.20 bits per heavy atom. The zero-order valence-electron chi connectivity index (χ0n) is 6.26. The Bertz CT molecular complexity index is 96.4. The number of H-pyrrole nitrogens is 1. The highest BCUT2D eigenvalue weighted by Gasteiger charge is 1.60. The van der Waals surface area contributed by atoms with Gasteiger partial charge in [-0.2, -0.15) is 5.10 Å². The van der Waals surface area contributed by atoms with Crippen LogP contribution in [-0.2, 0) is 0 Å². The van der Waals surface area contributed by atoms with Crippen molar-refractivity contribution >= 4 is 0 Å². The van der Waals surface area contributed by atoms with Crippen LogP contribution in [0.3, 0.4) is 0 Å². The number of hydrogen-bond acceptors (Lipinski definition) is 4. The molecule has 0 bridgehead atoms. The molecule has 0 aliphatic carbocycles. The Labute approximate surface area is 60.2 Å². The van der Waals surface area contributed by atoms with E-state index in [4.69, 9.17) is 0 Å². The van der Waals surface area contributed by atoms with Gasteiger partial charge in [-0.05, 0) is 14.1 Å². The molecule has 0 aromatic carbocycles. The molecule has 10 heavy (non-hydrogen) atoms. The number of nitrogens with one attached hydrogen (secondary N) is 3. The van der Waals surface area contributed by atoms with E-state index in [1.54, 1.807) is 0 Å². The molecular weight excluding hydrogens is 130 g/mol. The van der Waals surface area contributed by atoms with Gasteiger partial charge >= 0.3 is 0 Å². The summed E-state index contributed by atoms with van der Waals surface area (Å²) in [6.45, 7) is 0.889. The van der Waals surface area contributed by atoms with Gasteiger partial charge in [0.15, 0.2) is 0 Å². The number of rotatable bonds is 2. The average molecular weight is 143 g/mol. The van der Waals surface area contributed by atoms with E-state index in [1.165, 1.54) is 12.7 Å². The molecule has 0 aliphatic rings. The Kier molecular flexibility index (Phi) is 7.30. The lowest BCUT2D eigenvalue weighted by molar-refractivity contribution is 0.708. The van der Waals surface area contributed by atoms with Crippen LogP contribution in [0, 0.1) is 0 Å². The van der Waals surface area contributed by atoms with Crippen molar-refractivity contribution in [2.24, 2.45) is 0 Å². The first-order valence-corrected chi connectivity index (χ1v) is 2.99. The summed E-state index contributed by atoms with van der Waals surface area (Å²) in [6.07, 6.45) is 2.96. The maximum atomic E-state index is 3.56. The highest BCUT2D eigenvalue weighted by atomic mass is 15.2. The van der Waals surface area contributed by atoms with E-state index in [1.807, 2.05) is 14.1 Å². The Hall–Kier alpha value is -0.940. The summed E-state index contributed by atoms with van der Waals surface area (Å²) in [5.74, 6) is 0. The molecule has 0 saturated heterocycles. The summed E-state index contributed by atoms with van der Waals surface area (Å²) in [5, 5.41) is 11.8. The van der Waals surface area contributed by atoms with Gasteiger partial charge in [-0.1, -0.05) is 0 Å². The lowest BCUT2D eigenvalue weighted by atomic mass is 11.0. The van der Waals surface area contributed by atoms with Crippen molar-refractivity contribution in [1.29, 1.82) is 0 Å². The maximum Gasteiger partial charge on any atom is 0.137 e. The van der Waals surface area contributed by atoms with Gasteiger partial charge in [0, 0.05) is 6.67 Å². The van der Waals surface area contributed by atoms with Crippen molar-refractivity contribution in [1.82, 2.24) is 25.8 Å². The predicted molar refractivity (Wildman–Crippen MR) is 39.4 cm³/mol. The average Bonchev–Trinajstić information content (AvgIpc) is 2.44. The van der Waals surface area contributed by atoms with Crippen LogP contribution in [-0.4, -0.2) is 35.9 Å². The van der Waals surface area contributed by atoms with E-state index in [0.29, 0.717) is 0 Å². The summed E-state index contributed by atoms with van der Waals surface area (Å²) >= 11 is 0. The van der Waals surface area contributed by atoms with Crippen LogP contribution in [0.1, 0.15) is 0 Å². The van der Waals surface area contributed by atoms with Gasteiger partial charge in [-0.15, -0.1) is 0 Å². The van der Waals surface area contributed by atoms with Gasteiger partial charge in [-0.25, -0.2) is 4.98 Å². The lowest BCUT2D eigenvalue weighted by Crippen LogP contribution is -2.21. The molecule has 0 fully saturated rings. The number of aromatic nitrogens is 3. The first-order valence-electron chi connectivity index (χ1n) is 2.99.